The molecule has 25 heavy (non-hydrogen) atoms. The zero-order valence-electron chi connectivity index (χ0n) is 13.6. The van der Waals surface area contributed by atoms with Gasteiger partial charge in [0.1, 0.15) is 5.82 Å². The third-order valence-corrected chi connectivity index (χ3v) is 3.70. The maximum Gasteiger partial charge on any atom is 0.319 e. The number of carbonyl (C=O) groups is 1. The molecule has 3 aromatic rings. The van der Waals surface area contributed by atoms with E-state index < -0.39 is 17.9 Å². The second kappa shape index (κ2) is 7.18. The number of benzene rings is 1. The van der Waals surface area contributed by atoms with Gasteiger partial charge in [0.05, 0.1) is 24.5 Å². The van der Waals surface area contributed by atoms with Gasteiger partial charge in [-0.05, 0) is 30.3 Å². The van der Waals surface area contributed by atoms with Crippen LogP contribution in [0.1, 0.15) is 11.6 Å². The summed E-state index contributed by atoms with van der Waals surface area (Å²) in [5, 5.41) is 18.8. The average Bonchev–Trinajstić information content (AvgIpc) is 3.26. The van der Waals surface area contributed by atoms with E-state index in [4.69, 9.17) is 0 Å². The van der Waals surface area contributed by atoms with E-state index >= 15 is 0 Å². The van der Waals surface area contributed by atoms with Crippen LogP contribution in [-0.4, -0.2) is 32.1 Å². The number of halogens is 1. The summed E-state index contributed by atoms with van der Waals surface area (Å²) >= 11 is 0. The highest BCUT2D eigenvalue weighted by Gasteiger charge is 2.16. The van der Waals surface area contributed by atoms with Crippen LogP contribution in [0.15, 0.2) is 55.1 Å². The van der Waals surface area contributed by atoms with Crippen LogP contribution in [0, 0.1) is 5.82 Å². The third-order valence-electron chi connectivity index (χ3n) is 3.70. The van der Waals surface area contributed by atoms with E-state index in [0.717, 1.165) is 0 Å². The fourth-order valence-electron chi connectivity index (χ4n) is 2.46. The van der Waals surface area contributed by atoms with Crippen molar-refractivity contribution in [1.82, 2.24) is 19.7 Å². The van der Waals surface area contributed by atoms with Gasteiger partial charge in [-0.15, -0.1) is 0 Å². The van der Waals surface area contributed by atoms with Crippen LogP contribution in [0.5, 0.6) is 0 Å². The van der Waals surface area contributed by atoms with E-state index in [1.807, 2.05) is 0 Å². The molecule has 7 nitrogen and oxygen atoms in total. The van der Waals surface area contributed by atoms with Crippen molar-refractivity contribution in [3.63, 3.8) is 0 Å². The number of aliphatic hydroxyl groups is 1. The fourth-order valence-corrected chi connectivity index (χ4v) is 2.46. The summed E-state index contributed by atoms with van der Waals surface area (Å²) in [5.74, 6) is -0.397. The van der Waals surface area contributed by atoms with Gasteiger partial charge in [0.2, 0.25) is 0 Å². The zero-order chi connectivity index (χ0) is 17.8. The van der Waals surface area contributed by atoms with Crippen LogP contribution in [0.4, 0.5) is 14.9 Å². The Kier molecular flexibility index (Phi) is 4.80. The van der Waals surface area contributed by atoms with E-state index in [9.17, 15) is 14.3 Å². The number of hydrogen-bond acceptors (Lipinski definition) is 3. The fraction of sp³-hybridized carbons (Fsp3) is 0.176. The molecule has 0 aliphatic heterocycles. The highest BCUT2D eigenvalue weighted by atomic mass is 19.1. The SMILES string of the molecule is Cn1cc(C(CO)NC(=O)Nc2ccc(F)c(-n3cccc3)c2)cn1. The molecule has 8 heteroatoms. The molecule has 1 aromatic carbocycles. The Morgan fingerprint density at radius 2 is 2.12 bits per heavy atom. The number of carbonyl (C=O) groups excluding carboxylic acids is 1. The number of aromatic nitrogens is 3. The standard InChI is InChI=1S/C17H18FN5O2/c1-22-10-12(9-19-22)15(11-24)21-17(25)20-13-4-5-14(18)16(8-13)23-6-2-3-7-23/h2-10,15,24H,11H2,1H3,(H2,20,21,25). The van der Waals surface area contributed by atoms with Crippen molar-refractivity contribution < 1.29 is 14.3 Å². The smallest absolute Gasteiger partial charge is 0.319 e. The molecule has 2 amide bonds. The Hall–Kier alpha value is -3.13. The molecule has 0 bridgehead atoms. The number of aliphatic hydroxyl groups excluding tert-OH is 1. The number of anilines is 1. The lowest BCUT2D eigenvalue weighted by molar-refractivity contribution is 0.225. The van der Waals surface area contributed by atoms with Crippen LogP contribution >= 0.6 is 0 Å². The summed E-state index contributed by atoms with van der Waals surface area (Å²) in [5.41, 5.74) is 1.45. The van der Waals surface area contributed by atoms with Gasteiger partial charge < -0.3 is 20.3 Å². The van der Waals surface area contributed by atoms with Gasteiger partial charge in [-0.1, -0.05) is 0 Å². The molecule has 0 spiro atoms. The molecule has 0 aliphatic rings. The topological polar surface area (TPSA) is 84.1 Å². The predicted octanol–water partition coefficient (Wildman–Crippen LogP) is 2.21. The van der Waals surface area contributed by atoms with Crippen LogP contribution in [0.3, 0.4) is 0 Å². The van der Waals surface area contributed by atoms with Crippen LogP contribution in [0.25, 0.3) is 5.69 Å². The zero-order valence-corrected chi connectivity index (χ0v) is 13.6. The predicted molar refractivity (Wildman–Crippen MR) is 90.9 cm³/mol. The van der Waals surface area contributed by atoms with Gasteiger partial charge in [0.15, 0.2) is 0 Å². The first-order chi connectivity index (χ1) is 12.1. The Labute approximate surface area is 143 Å². The molecule has 0 radical (unpaired) electrons. The first-order valence-electron chi connectivity index (χ1n) is 7.66. The monoisotopic (exact) mass is 343 g/mol. The van der Waals surface area contributed by atoms with Gasteiger partial charge in [-0.2, -0.15) is 5.10 Å². The summed E-state index contributed by atoms with van der Waals surface area (Å²) < 4.78 is 17.2. The van der Waals surface area contributed by atoms with Crippen molar-refractivity contribution >= 4 is 11.7 Å². The van der Waals surface area contributed by atoms with Crippen molar-refractivity contribution in [2.24, 2.45) is 7.05 Å². The van der Waals surface area contributed by atoms with Crippen LogP contribution in [0.2, 0.25) is 0 Å². The maximum atomic E-state index is 14.0. The molecule has 2 heterocycles. The van der Waals surface area contributed by atoms with Crippen LogP contribution < -0.4 is 10.6 Å². The number of urea groups is 1. The molecule has 0 saturated carbocycles. The van der Waals surface area contributed by atoms with Gasteiger partial charge in [-0.25, -0.2) is 9.18 Å². The van der Waals surface area contributed by atoms with Gasteiger partial charge in [0, 0.05) is 36.9 Å². The Morgan fingerprint density at radius 3 is 2.76 bits per heavy atom. The Morgan fingerprint density at radius 1 is 1.36 bits per heavy atom. The van der Waals surface area contributed by atoms with Gasteiger partial charge >= 0.3 is 6.03 Å². The third kappa shape index (κ3) is 3.86. The highest BCUT2D eigenvalue weighted by Crippen LogP contribution is 2.19. The van der Waals surface area contributed by atoms with Gasteiger partial charge in [-0.3, -0.25) is 4.68 Å². The Balaban J connectivity index is 1.71. The number of amides is 2. The second-order valence-corrected chi connectivity index (χ2v) is 5.54. The quantitative estimate of drug-likeness (QED) is 0.664. The number of nitrogens with zero attached hydrogens (tertiary/aromatic N) is 3. The summed E-state index contributed by atoms with van der Waals surface area (Å²) in [6.45, 7) is -0.267. The molecular formula is C17H18FN5O2. The van der Waals surface area contributed by atoms with Crippen molar-refractivity contribution in [2.75, 3.05) is 11.9 Å². The lowest BCUT2D eigenvalue weighted by atomic mass is 10.2. The van der Waals surface area contributed by atoms with E-state index in [0.29, 0.717) is 16.9 Å². The molecule has 0 fully saturated rings. The van der Waals surface area contributed by atoms with Crippen molar-refractivity contribution in [1.29, 1.82) is 0 Å². The molecule has 2 aromatic heterocycles. The van der Waals surface area contributed by atoms with E-state index in [-0.39, 0.29) is 6.61 Å². The van der Waals surface area contributed by atoms with Crippen molar-refractivity contribution in [3.8, 4) is 5.69 Å². The van der Waals surface area contributed by atoms with Gasteiger partial charge in [0.25, 0.3) is 0 Å². The lowest BCUT2D eigenvalue weighted by Gasteiger charge is -2.16. The first kappa shape index (κ1) is 16.7. The molecule has 1 unspecified atom stereocenters. The summed E-state index contributed by atoms with van der Waals surface area (Å²) in [7, 11) is 1.75. The molecular weight excluding hydrogens is 325 g/mol. The largest absolute Gasteiger partial charge is 0.394 e. The van der Waals surface area contributed by atoms with Crippen molar-refractivity contribution in [3.05, 3.63) is 66.5 Å². The minimum Gasteiger partial charge on any atom is -0.394 e. The number of rotatable bonds is 5. The molecule has 0 saturated heterocycles. The number of aryl methyl sites for hydroxylation is 1. The van der Waals surface area contributed by atoms with E-state index in [2.05, 4.69) is 15.7 Å². The molecule has 130 valence electrons. The minimum atomic E-state index is -0.585. The lowest BCUT2D eigenvalue weighted by Crippen LogP contribution is -2.34. The normalized spacial score (nSPS) is 12.0. The van der Waals surface area contributed by atoms with Crippen LogP contribution in [-0.2, 0) is 7.05 Å². The van der Waals surface area contributed by atoms with E-state index in [1.165, 1.54) is 18.2 Å². The summed E-state index contributed by atoms with van der Waals surface area (Å²) in [6, 6.07) is 6.77. The first-order valence-corrected chi connectivity index (χ1v) is 7.66. The minimum absolute atomic E-state index is 0.267. The number of nitrogens with one attached hydrogen (secondary N) is 2. The molecule has 3 rings (SSSR count). The average molecular weight is 343 g/mol. The summed E-state index contributed by atoms with van der Waals surface area (Å²) in [4.78, 5) is 12.2. The molecule has 0 aliphatic carbocycles. The molecule has 3 N–H and O–H groups in total. The van der Waals surface area contributed by atoms with E-state index in [1.54, 1.807) is 53.2 Å². The highest BCUT2D eigenvalue weighted by molar-refractivity contribution is 5.89. The van der Waals surface area contributed by atoms with Crippen molar-refractivity contribution in [2.45, 2.75) is 6.04 Å². The number of hydrogen-bond donors (Lipinski definition) is 3. The summed E-state index contributed by atoms with van der Waals surface area (Å²) in [6.07, 6.45) is 6.71. The second-order valence-electron chi connectivity index (χ2n) is 5.54. The molecule has 1 atom stereocenters. The Bertz CT molecular complexity index is 860. The maximum absolute atomic E-state index is 14.0.